The maximum Gasteiger partial charge on any atom is 0.248 e. The van der Waals surface area contributed by atoms with Gasteiger partial charge in [-0.05, 0) is 24.5 Å². The van der Waals surface area contributed by atoms with Crippen molar-refractivity contribution in [1.82, 2.24) is 19.7 Å². The lowest BCUT2D eigenvalue weighted by atomic mass is 10.1. The van der Waals surface area contributed by atoms with Crippen molar-refractivity contribution in [3.8, 4) is 0 Å². The van der Waals surface area contributed by atoms with Gasteiger partial charge >= 0.3 is 0 Å². The minimum absolute atomic E-state index is 0.159. The molecule has 2 aromatic heterocycles. The van der Waals surface area contributed by atoms with Crippen molar-refractivity contribution < 1.29 is 4.79 Å². The second kappa shape index (κ2) is 5.60. The Morgan fingerprint density at radius 2 is 2.05 bits per heavy atom. The number of carbonyl (C=O) groups is 1. The van der Waals surface area contributed by atoms with Crippen molar-refractivity contribution in [3.05, 3.63) is 35.9 Å². The van der Waals surface area contributed by atoms with E-state index in [1.807, 2.05) is 13.1 Å². The lowest BCUT2D eigenvalue weighted by molar-refractivity contribution is -0.116. The van der Waals surface area contributed by atoms with Crippen LogP contribution >= 0.6 is 0 Å². The summed E-state index contributed by atoms with van der Waals surface area (Å²) >= 11 is 0. The Labute approximate surface area is 111 Å². The predicted molar refractivity (Wildman–Crippen MR) is 71.7 cm³/mol. The number of aryl methyl sites for hydroxylation is 1. The molecule has 0 fully saturated rings. The number of amides is 1. The van der Waals surface area contributed by atoms with Gasteiger partial charge in [0.2, 0.25) is 11.9 Å². The molecular formula is C13H17N5O. The molecule has 0 bridgehead atoms. The molecule has 0 radical (unpaired) electrons. The smallest absolute Gasteiger partial charge is 0.248 e. The van der Waals surface area contributed by atoms with Gasteiger partial charge in [-0.1, -0.05) is 13.8 Å². The number of aromatic nitrogens is 4. The first-order valence-electron chi connectivity index (χ1n) is 6.17. The number of hydrogen-bond donors (Lipinski definition) is 1. The molecule has 1 amide bonds. The number of nitrogens with one attached hydrogen (secondary N) is 1. The zero-order chi connectivity index (χ0) is 13.8. The summed E-state index contributed by atoms with van der Waals surface area (Å²) < 4.78 is 1.64. The first kappa shape index (κ1) is 13.2. The third kappa shape index (κ3) is 3.37. The molecule has 100 valence electrons. The van der Waals surface area contributed by atoms with E-state index in [0.29, 0.717) is 11.9 Å². The van der Waals surface area contributed by atoms with Gasteiger partial charge < -0.3 is 0 Å². The number of hydrogen-bond acceptors (Lipinski definition) is 4. The maximum absolute atomic E-state index is 11.8. The van der Waals surface area contributed by atoms with E-state index in [4.69, 9.17) is 0 Å². The molecule has 0 aliphatic rings. The van der Waals surface area contributed by atoms with Crippen molar-refractivity contribution >= 4 is 11.9 Å². The fourth-order valence-corrected chi connectivity index (χ4v) is 1.86. The first-order valence-corrected chi connectivity index (χ1v) is 6.17. The predicted octanol–water partition coefficient (Wildman–Crippen LogP) is 1.74. The third-order valence-electron chi connectivity index (χ3n) is 2.73. The van der Waals surface area contributed by atoms with Crippen molar-refractivity contribution in [2.75, 3.05) is 5.32 Å². The SMILES string of the molecule is Cc1nn(CC(=O)Nc2ncccn2)cc1C(C)C. The topological polar surface area (TPSA) is 72.7 Å². The van der Waals surface area contributed by atoms with Crippen LogP contribution in [0.3, 0.4) is 0 Å². The Kier molecular flexibility index (Phi) is 3.89. The Bertz CT molecular complexity index is 562. The first-order chi connectivity index (χ1) is 9.06. The van der Waals surface area contributed by atoms with Gasteiger partial charge in [-0.15, -0.1) is 0 Å². The zero-order valence-electron chi connectivity index (χ0n) is 11.3. The van der Waals surface area contributed by atoms with Crippen LogP contribution in [0.15, 0.2) is 24.7 Å². The van der Waals surface area contributed by atoms with Gasteiger partial charge in [-0.2, -0.15) is 5.10 Å². The molecule has 0 aliphatic heterocycles. The molecule has 2 heterocycles. The summed E-state index contributed by atoms with van der Waals surface area (Å²) in [5, 5.41) is 6.95. The summed E-state index contributed by atoms with van der Waals surface area (Å²) in [7, 11) is 0. The molecule has 0 spiro atoms. The van der Waals surface area contributed by atoms with Crippen LogP contribution in [0.5, 0.6) is 0 Å². The van der Waals surface area contributed by atoms with Crippen LogP contribution in [0.2, 0.25) is 0 Å². The average Bonchev–Trinajstić information content (AvgIpc) is 2.71. The van der Waals surface area contributed by atoms with Gasteiger partial charge in [-0.3, -0.25) is 14.8 Å². The molecule has 0 aliphatic carbocycles. The number of anilines is 1. The van der Waals surface area contributed by atoms with Gasteiger partial charge in [0.25, 0.3) is 0 Å². The van der Waals surface area contributed by atoms with E-state index in [1.165, 1.54) is 0 Å². The van der Waals surface area contributed by atoms with Gasteiger partial charge in [0.1, 0.15) is 6.54 Å². The molecule has 0 saturated heterocycles. The van der Waals surface area contributed by atoms with E-state index in [2.05, 4.69) is 34.2 Å². The van der Waals surface area contributed by atoms with Crippen molar-refractivity contribution in [1.29, 1.82) is 0 Å². The van der Waals surface area contributed by atoms with Gasteiger partial charge in [-0.25, -0.2) is 9.97 Å². The Morgan fingerprint density at radius 3 is 2.63 bits per heavy atom. The molecule has 2 rings (SSSR count). The molecule has 1 N–H and O–H groups in total. The fourth-order valence-electron chi connectivity index (χ4n) is 1.86. The van der Waals surface area contributed by atoms with E-state index >= 15 is 0 Å². The van der Waals surface area contributed by atoms with Gasteiger partial charge in [0.05, 0.1) is 5.69 Å². The molecule has 0 unspecified atom stereocenters. The average molecular weight is 259 g/mol. The number of rotatable bonds is 4. The monoisotopic (exact) mass is 259 g/mol. The largest absolute Gasteiger partial charge is 0.293 e. The highest BCUT2D eigenvalue weighted by Gasteiger charge is 2.11. The Hall–Kier alpha value is -2.24. The quantitative estimate of drug-likeness (QED) is 0.907. The minimum atomic E-state index is -0.191. The number of nitrogens with zero attached hydrogens (tertiary/aromatic N) is 4. The summed E-state index contributed by atoms with van der Waals surface area (Å²) in [6, 6.07) is 1.70. The molecule has 2 aromatic rings. The Morgan fingerprint density at radius 1 is 1.37 bits per heavy atom. The summed E-state index contributed by atoms with van der Waals surface area (Å²) in [5.41, 5.74) is 2.11. The van der Waals surface area contributed by atoms with E-state index in [1.54, 1.807) is 23.1 Å². The molecule has 0 aromatic carbocycles. The van der Waals surface area contributed by atoms with Crippen LogP contribution in [0.25, 0.3) is 0 Å². The molecule has 19 heavy (non-hydrogen) atoms. The number of carbonyl (C=O) groups excluding carboxylic acids is 1. The fraction of sp³-hybridized carbons (Fsp3) is 0.385. The highest BCUT2D eigenvalue weighted by atomic mass is 16.2. The maximum atomic E-state index is 11.8. The van der Waals surface area contributed by atoms with Crippen LogP contribution in [0, 0.1) is 6.92 Å². The lowest BCUT2D eigenvalue weighted by Gasteiger charge is -2.03. The summed E-state index contributed by atoms with van der Waals surface area (Å²) in [6.45, 7) is 6.31. The van der Waals surface area contributed by atoms with E-state index in [9.17, 15) is 4.79 Å². The van der Waals surface area contributed by atoms with Gasteiger partial charge in [0, 0.05) is 18.6 Å². The van der Waals surface area contributed by atoms with E-state index in [0.717, 1.165) is 11.3 Å². The van der Waals surface area contributed by atoms with Crippen LogP contribution < -0.4 is 5.32 Å². The molecule has 0 saturated carbocycles. The van der Waals surface area contributed by atoms with E-state index < -0.39 is 0 Å². The Balaban J connectivity index is 2.01. The van der Waals surface area contributed by atoms with Crippen LogP contribution in [0.1, 0.15) is 31.0 Å². The highest BCUT2D eigenvalue weighted by Crippen LogP contribution is 2.17. The van der Waals surface area contributed by atoms with Crippen molar-refractivity contribution in [2.45, 2.75) is 33.2 Å². The highest BCUT2D eigenvalue weighted by molar-refractivity contribution is 5.88. The second-order valence-electron chi connectivity index (χ2n) is 4.64. The summed E-state index contributed by atoms with van der Waals surface area (Å²) in [4.78, 5) is 19.7. The van der Waals surface area contributed by atoms with Crippen LogP contribution in [0.4, 0.5) is 5.95 Å². The zero-order valence-corrected chi connectivity index (χ0v) is 11.3. The van der Waals surface area contributed by atoms with E-state index in [-0.39, 0.29) is 12.5 Å². The molecular weight excluding hydrogens is 242 g/mol. The van der Waals surface area contributed by atoms with Gasteiger partial charge in [0.15, 0.2) is 0 Å². The summed E-state index contributed by atoms with van der Waals surface area (Å²) in [5.74, 6) is 0.513. The minimum Gasteiger partial charge on any atom is -0.293 e. The normalized spacial score (nSPS) is 10.7. The second-order valence-corrected chi connectivity index (χ2v) is 4.64. The molecule has 6 nitrogen and oxygen atoms in total. The van der Waals surface area contributed by atoms with Crippen molar-refractivity contribution in [2.24, 2.45) is 0 Å². The molecule has 0 atom stereocenters. The van der Waals surface area contributed by atoms with Crippen LogP contribution in [-0.4, -0.2) is 25.7 Å². The standard InChI is InChI=1S/C13H17N5O/c1-9(2)11-7-18(17-10(11)3)8-12(19)16-13-14-5-4-6-15-13/h4-7,9H,8H2,1-3H3,(H,14,15,16,19). The summed E-state index contributed by atoms with van der Waals surface area (Å²) in [6.07, 6.45) is 5.07. The van der Waals surface area contributed by atoms with Crippen LogP contribution in [-0.2, 0) is 11.3 Å². The third-order valence-corrected chi connectivity index (χ3v) is 2.73. The van der Waals surface area contributed by atoms with Crippen molar-refractivity contribution in [3.63, 3.8) is 0 Å². The molecule has 6 heteroatoms. The lowest BCUT2D eigenvalue weighted by Crippen LogP contribution is -2.20.